The highest BCUT2D eigenvalue weighted by atomic mass is 79.9. The van der Waals surface area contributed by atoms with Crippen molar-refractivity contribution in [2.45, 2.75) is 26.3 Å². The number of hydrogen-bond acceptors (Lipinski definition) is 2. The van der Waals surface area contributed by atoms with E-state index in [0.29, 0.717) is 0 Å². The molecule has 0 heterocycles. The lowest BCUT2D eigenvalue weighted by Crippen LogP contribution is -2.38. The van der Waals surface area contributed by atoms with E-state index in [0.717, 1.165) is 10.2 Å². The number of hydrogen-bond donors (Lipinski definition) is 1. The Morgan fingerprint density at radius 3 is 2.47 bits per heavy atom. The van der Waals surface area contributed by atoms with Gasteiger partial charge in [-0.25, -0.2) is 0 Å². The smallest absolute Gasteiger partial charge is 0.124 e. The molecular weight excluding hydrogens is 252 g/mol. The van der Waals surface area contributed by atoms with Crippen LogP contribution in [0.2, 0.25) is 0 Å². The number of halogens is 1. The van der Waals surface area contributed by atoms with Crippen LogP contribution in [0.1, 0.15) is 20.8 Å². The van der Waals surface area contributed by atoms with E-state index in [9.17, 15) is 5.26 Å². The Balaban J connectivity index is 2.96. The summed E-state index contributed by atoms with van der Waals surface area (Å²) in [6, 6.07) is 10.1. The normalized spacial score (nSPS) is 14.4. The van der Waals surface area contributed by atoms with Gasteiger partial charge < -0.3 is 5.32 Å². The fraction of sp³-hybridized carbons (Fsp3) is 0.417. The summed E-state index contributed by atoms with van der Waals surface area (Å²) in [6.07, 6.45) is 0. The first-order valence-corrected chi connectivity index (χ1v) is 5.73. The molecule has 1 aromatic carbocycles. The second kappa shape index (κ2) is 4.67. The number of anilines is 1. The Morgan fingerprint density at radius 2 is 2.00 bits per heavy atom. The maximum absolute atomic E-state index is 9.18. The van der Waals surface area contributed by atoms with Gasteiger partial charge in [0.25, 0.3) is 0 Å². The summed E-state index contributed by atoms with van der Waals surface area (Å²) in [7, 11) is 0. The molecule has 1 N–H and O–H groups in total. The van der Waals surface area contributed by atoms with Crippen LogP contribution in [0.5, 0.6) is 0 Å². The molecule has 0 aromatic heterocycles. The van der Waals surface area contributed by atoms with E-state index in [-0.39, 0.29) is 5.92 Å². The van der Waals surface area contributed by atoms with Crippen molar-refractivity contribution < 1.29 is 0 Å². The third-order valence-electron chi connectivity index (χ3n) is 2.66. The van der Waals surface area contributed by atoms with Crippen molar-refractivity contribution in [1.82, 2.24) is 0 Å². The van der Waals surface area contributed by atoms with Crippen LogP contribution in [0.15, 0.2) is 28.7 Å². The van der Waals surface area contributed by atoms with Gasteiger partial charge in [-0.2, -0.15) is 5.26 Å². The molecular formula is C12H15BrN2. The molecule has 15 heavy (non-hydrogen) atoms. The minimum Gasteiger partial charge on any atom is -0.366 e. The molecule has 0 amide bonds. The molecule has 0 aliphatic rings. The Kier molecular flexibility index (Phi) is 3.76. The Labute approximate surface area is 99.4 Å². The number of benzene rings is 1. The van der Waals surface area contributed by atoms with E-state index in [1.807, 2.05) is 45.0 Å². The van der Waals surface area contributed by atoms with E-state index in [4.69, 9.17) is 0 Å². The standard InChI is InChI=1S/C12H15BrN2/c1-9(2)12(3,8-14)15-11-7-5-4-6-10(11)13/h4-7,9,15H,1-3H3. The molecule has 0 radical (unpaired) electrons. The maximum atomic E-state index is 9.18. The molecule has 3 heteroatoms. The van der Waals surface area contributed by atoms with E-state index < -0.39 is 5.54 Å². The minimum atomic E-state index is -0.538. The fourth-order valence-corrected chi connectivity index (χ4v) is 1.53. The predicted molar refractivity (Wildman–Crippen MR) is 66.6 cm³/mol. The molecule has 1 unspecified atom stereocenters. The lowest BCUT2D eigenvalue weighted by atomic mass is 9.90. The lowest BCUT2D eigenvalue weighted by Gasteiger charge is -2.29. The predicted octanol–water partition coefficient (Wildman–Crippen LogP) is 3.80. The first kappa shape index (κ1) is 12.1. The molecule has 0 saturated heterocycles. The average Bonchev–Trinajstić information content (AvgIpc) is 2.21. The van der Waals surface area contributed by atoms with Crippen LogP contribution in [0.25, 0.3) is 0 Å². The molecule has 0 saturated carbocycles. The highest BCUT2D eigenvalue weighted by Gasteiger charge is 2.28. The summed E-state index contributed by atoms with van der Waals surface area (Å²) in [6.45, 7) is 5.98. The zero-order chi connectivity index (χ0) is 11.5. The topological polar surface area (TPSA) is 35.8 Å². The van der Waals surface area contributed by atoms with Crippen LogP contribution in [-0.2, 0) is 0 Å². The van der Waals surface area contributed by atoms with Gasteiger partial charge in [0.2, 0.25) is 0 Å². The van der Waals surface area contributed by atoms with Crippen LogP contribution in [0.4, 0.5) is 5.69 Å². The van der Waals surface area contributed by atoms with Gasteiger partial charge in [0.1, 0.15) is 5.54 Å². The third kappa shape index (κ3) is 2.73. The molecule has 0 aliphatic carbocycles. The van der Waals surface area contributed by atoms with Gasteiger partial charge in [0.05, 0.1) is 6.07 Å². The molecule has 80 valence electrons. The lowest BCUT2D eigenvalue weighted by molar-refractivity contribution is 0.464. The van der Waals surface area contributed by atoms with Gasteiger partial charge >= 0.3 is 0 Å². The van der Waals surface area contributed by atoms with Gasteiger partial charge in [0, 0.05) is 10.2 Å². The SMILES string of the molecule is CC(C)C(C)(C#N)Nc1ccccc1Br. The quantitative estimate of drug-likeness (QED) is 0.904. The Bertz CT molecular complexity index is 381. The van der Waals surface area contributed by atoms with E-state index in [1.54, 1.807) is 0 Å². The summed E-state index contributed by atoms with van der Waals surface area (Å²) in [5.74, 6) is 0.245. The summed E-state index contributed by atoms with van der Waals surface area (Å²) in [5, 5.41) is 12.4. The van der Waals surface area contributed by atoms with Gasteiger partial charge in [-0.1, -0.05) is 26.0 Å². The molecule has 0 spiro atoms. The summed E-state index contributed by atoms with van der Waals surface area (Å²) in [4.78, 5) is 0. The zero-order valence-corrected chi connectivity index (χ0v) is 10.8. The van der Waals surface area contributed by atoms with Crippen LogP contribution in [-0.4, -0.2) is 5.54 Å². The molecule has 0 aliphatic heterocycles. The molecule has 1 rings (SSSR count). The number of nitrogens with zero attached hydrogens (tertiary/aromatic N) is 1. The van der Waals surface area contributed by atoms with Gasteiger partial charge in [0.15, 0.2) is 0 Å². The number of rotatable bonds is 3. The molecule has 1 aromatic rings. The maximum Gasteiger partial charge on any atom is 0.124 e. The van der Waals surface area contributed by atoms with E-state index in [2.05, 4.69) is 27.3 Å². The van der Waals surface area contributed by atoms with E-state index >= 15 is 0 Å². The average molecular weight is 267 g/mol. The highest BCUT2D eigenvalue weighted by molar-refractivity contribution is 9.10. The summed E-state index contributed by atoms with van der Waals surface area (Å²) >= 11 is 3.46. The van der Waals surface area contributed by atoms with Crippen LogP contribution in [0, 0.1) is 17.2 Å². The Hall–Kier alpha value is -1.01. The minimum absolute atomic E-state index is 0.245. The van der Waals surface area contributed by atoms with Crippen molar-refractivity contribution in [3.63, 3.8) is 0 Å². The van der Waals surface area contributed by atoms with Crippen LogP contribution >= 0.6 is 15.9 Å². The van der Waals surface area contributed by atoms with Crippen molar-refractivity contribution >= 4 is 21.6 Å². The van der Waals surface area contributed by atoms with Gasteiger partial charge in [-0.05, 0) is 40.9 Å². The third-order valence-corrected chi connectivity index (χ3v) is 3.35. The van der Waals surface area contributed by atoms with Crippen LogP contribution in [0.3, 0.4) is 0 Å². The Morgan fingerprint density at radius 1 is 1.40 bits per heavy atom. The van der Waals surface area contributed by atoms with Crippen molar-refractivity contribution in [2.75, 3.05) is 5.32 Å². The monoisotopic (exact) mass is 266 g/mol. The zero-order valence-electron chi connectivity index (χ0n) is 9.21. The number of para-hydroxylation sites is 1. The molecule has 0 fully saturated rings. The van der Waals surface area contributed by atoms with Crippen molar-refractivity contribution in [3.05, 3.63) is 28.7 Å². The van der Waals surface area contributed by atoms with Crippen molar-refractivity contribution in [1.29, 1.82) is 5.26 Å². The first-order valence-electron chi connectivity index (χ1n) is 4.93. The summed E-state index contributed by atoms with van der Waals surface area (Å²) < 4.78 is 0.979. The summed E-state index contributed by atoms with van der Waals surface area (Å²) in [5.41, 5.74) is 0.416. The molecule has 0 bridgehead atoms. The first-order chi connectivity index (χ1) is 6.99. The molecule has 2 nitrogen and oxygen atoms in total. The van der Waals surface area contributed by atoms with Crippen LogP contribution < -0.4 is 5.32 Å². The second-order valence-electron chi connectivity index (χ2n) is 4.07. The van der Waals surface area contributed by atoms with Gasteiger partial charge in [-0.15, -0.1) is 0 Å². The van der Waals surface area contributed by atoms with E-state index in [1.165, 1.54) is 0 Å². The second-order valence-corrected chi connectivity index (χ2v) is 4.93. The highest BCUT2D eigenvalue weighted by Crippen LogP contribution is 2.27. The number of nitrogens with one attached hydrogen (secondary N) is 1. The fourth-order valence-electron chi connectivity index (χ4n) is 1.14. The molecule has 1 atom stereocenters. The van der Waals surface area contributed by atoms with Crippen molar-refractivity contribution in [2.24, 2.45) is 5.92 Å². The van der Waals surface area contributed by atoms with Gasteiger partial charge in [-0.3, -0.25) is 0 Å². The van der Waals surface area contributed by atoms with Crippen molar-refractivity contribution in [3.8, 4) is 6.07 Å². The number of nitriles is 1. The largest absolute Gasteiger partial charge is 0.366 e.